The van der Waals surface area contributed by atoms with Crippen molar-refractivity contribution in [2.24, 2.45) is 0 Å². The van der Waals surface area contributed by atoms with Crippen molar-refractivity contribution in [1.82, 2.24) is 14.6 Å². The van der Waals surface area contributed by atoms with Gasteiger partial charge in [0.1, 0.15) is 11.4 Å². The Bertz CT molecular complexity index is 891. The van der Waals surface area contributed by atoms with Crippen molar-refractivity contribution in [3.05, 3.63) is 57.7 Å². The summed E-state index contributed by atoms with van der Waals surface area (Å²) in [5, 5.41) is 6.69. The number of aromatic nitrogens is 3. The van der Waals surface area contributed by atoms with Crippen LogP contribution in [0.2, 0.25) is 0 Å². The molecule has 0 aliphatic rings. The number of benzene rings is 1. The lowest BCUT2D eigenvalue weighted by molar-refractivity contribution is 0.102. The smallest absolute Gasteiger partial charge is 0.261 e. The first-order valence-corrected chi connectivity index (χ1v) is 7.33. The Balaban J connectivity index is 1.99. The van der Waals surface area contributed by atoms with E-state index in [0.29, 0.717) is 15.7 Å². The lowest BCUT2D eigenvalue weighted by Gasteiger charge is -2.06. The molecule has 5 nitrogen and oxygen atoms in total. The van der Waals surface area contributed by atoms with Gasteiger partial charge < -0.3 is 5.32 Å². The second kappa shape index (κ2) is 5.49. The van der Waals surface area contributed by atoms with Crippen molar-refractivity contribution in [3.63, 3.8) is 0 Å². The number of nitrogens with one attached hydrogen (secondary N) is 1. The summed E-state index contributed by atoms with van der Waals surface area (Å²) < 4.78 is 16.0. The van der Waals surface area contributed by atoms with Crippen LogP contribution in [0.15, 0.2) is 34.9 Å². The van der Waals surface area contributed by atoms with Crippen LogP contribution in [0.3, 0.4) is 0 Å². The fourth-order valence-corrected chi connectivity index (χ4v) is 2.54. The highest BCUT2D eigenvalue weighted by Gasteiger charge is 2.17. The Labute approximate surface area is 134 Å². The molecule has 3 aromatic rings. The fourth-order valence-electron chi connectivity index (χ4n) is 2.21. The predicted octanol–water partition coefficient (Wildman–Crippen LogP) is 3.50. The number of halogens is 2. The minimum atomic E-state index is -0.514. The van der Waals surface area contributed by atoms with E-state index in [1.54, 1.807) is 10.6 Å². The molecule has 22 heavy (non-hydrogen) atoms. The summed E-state index contributed by atoms with van der Waals surface area (Å²) in [6.45, 7) is 3.72. The normalized spacial score (nSPS) is 10.9. The zero-order valence-corrected chi connectivity index (χ0v) is 13.5. The number of carbonyl (C=O) groups excluding carboxylic acids is 1. The number of hydrogen-bond donors (Lipinski definition) is 1. The van der Waals surface area contributed by atoms with E-state index in [9.17, 15) is 9.18 Å². The fraction of sp³-hybridized carbons (Fsp3) is 0.133. The minimum absolute atomic E-state index is 0.108. The molecule has 0 unspecified atom stereocenters. The molecule has 0 spiro atoms. The average Bonchev–Trinajstić information content (AvgIpc) is 2.86. The molecule has 0 aliphatic carbocycles. The molecule has 2 aromatic heterocycles. The van der Waals surface area contributed by atoms with Crippen LogP contribution in [0.1, 0.15) is 21.7 Å². The molecule has 2 heterocycles. The van der Waals surface area contributed by atoms with Crippen LogP contribution < -0.4 is 5.32 Å². The first-order valence-electron chi connectivity index (χ1n) is 6.54. The molecule has 0 saturated carbocycles. The van der Waals surface area contributed by atoms with Crippen molar-refractivity contribution < 1.29 is 9.18 Å². The molecule has 0 fully saturated rings. The van der Waals surface area contributed by atoms with Crippen molar-refractivity contribution >= 4 is 33.2 Å². The van der Waals surface area contributed by atoms with Crippen LogP contribution in [-0.4, -0.2) is 20.5 Å². The van der Waals surface area contributed by atoms with E-state index >= 15 is 0 Å². The zero-order valence-electron chi connectivity index (χ0n) is 11.9. The van der Waals surface area contributed by atoms with Crippen LogP contribution in [0.5, 0.6) is 0 Å². The number of anilines is 1. The van der Waals surface area contributed by atoms with Crippen LogP contribution in [0.25, 0.3) is 5.65 Å². The van der Waals surface area contributed by atoms with Gasteiger partial charge in [0.2, 0.25) is 0 Å². The van der Waals surface area contributed by atoms with E-state index in [-0.39, 0.29) is 5.69 Å². The quantitative estimate of drug-likeness (QED) is 0.758. The molecule has 1 N–H and O–H groups in total. The Morgan fingerprint density at radius 3 is 2.82 bits per heavy atom. The van der Waals surface area contributed by atoms with Crippen molar-refractivity contribution in [2.75, 3.05) is 5.32 Å². The maximum atomic E-state index is 13.8. The van der Waals surface area contributed by atoms with Gasteiger partial charge in [-0.3, -0.25) is 4.79 Å². The molecule has 0 atom stereocenters. The lowest BCUT2D eigenvalue weighted by atomic mass is 10.2. The summed E-state index contributed by atoms with van der Waals surface area (Å²) in [5.74, 6) is -0.965. The van der Waals surface area contributed by atoms with Gasteiger partial charge in [0.25, 0.3) is 5.91 Å². The number of aryl methyl sites for hydroxylation is 2. The van der Waals surface area contributed by atoms with Gasteiger partial charge in [-0.1, -0.05) is 15.9 Å². The highest BCUT2D eigenvalue weighted by atomic mass is 79.9. The van der Waals surface area contributed by atoms with E-state index in [1.165, 1.54) is 18.3 Å². The SMILES string of the molecule is Cc1cc(C)n2ncc(C(=O)Nc3ccc(Br)cc3F)c2n1. The van der Waals surface area contributed by atoms with Crippen LogP contribution >= 0.6 is 15.9 Å². The molecule has 112 valence electrons. The first-order chi connectivity index (χ1) is 10.5. The van der Waals surface area contributed by atoms with Gasteiger partial charge >= 0.3 is 0 Å². The predicted molar refractivity (Wildman–Crippen MR) is 84.5 cm³/mol. The molecule has 1 amide bonds. The second-order valence-electron chi connectivity index (χ2n) is 4.91. The summed E-state index contributed by atoms with van der Waals surface area (Å²) in [5.41, 5.74) is 2.52. The summed E-state index contributed by atoms with van der Waals surface area (Å²) in [7, 11) is 0. The molecular weight excluding hydrogens is 351 g/mol. The summed E-state index contributed by atoms with van der Waals surface area (Å²) in [6, 6.07) is 6.31. The average molecular weight is 363 g/mol. The van der Waals surface area contributed by atoms with Gasteiger partial charge in [0.05, 0.1) is 11.9 Å². The third-order valence-electron chi connectivity index (χ3n) is 3.20. The molecule has 0 saturated heterocycles. The largest absolute Gasteiger partial charge is 0.319 e. The Hall–Kier alpha value is -2.28. The Morgan fingerprint density at radius 2 is 2.09 bits per heavy atom. The lowest BCUT2D eigenvalue weighted by Crippen LogP contribution is -2.13. The molecule has 0 aliphatic heterocycles. The summed E-state index contributed by atoms with van der Waals surface area (Å²) in [6.07, 6.45) is 1.43. The number of amides is 1. The van der Waals surface area contributed by atoms with Crippen molar-refractivity contribution in [2.45, 2.75) is 13.8 Å². The molecule has 7 heteroatoms. The van der Waals surface area contributed by atoms with E-state index < -0.39 is 11.7 Å². The van der Waals surface area contributed by atoms with Gasteiger partial charge in [0, 0.05) is 15.9 Å². The van der Waals surface area contributed by atoms with Gasteiger partial charge in [-0.25, -0.2) is 13.9 Å². The monoisotopic (exact) mass is 362 g/mol. The number of carbonyl (C=O) groups is 1. The van der Waals surface area contributed by atoms with Crippen LogP contribution in [0, 0.1) is 19.7 Å². The number of rotatable bonds is 2. The topological polar surface area (TPSA) is 59.3 Å². The maximum Gasteiger partial charge on any atom is 0.261 e. The van der Waals surface area contributed by atoms with E-state index in [4.69, 9.17) is 0 Å². The van der Waals surface area contributed by atoms with Crippen LogP contribution in [-0.2, 0) is 0 Å². The molecule has 1 aromatic carbocycles. The summed E-state index contributed by atoms with van der Waals surface area (Å²) >= 11 is 3.17. The standard InChI is InChI=1S/C15H12BrFN4O/c1-8-5-9(2)21-14(19-8)11(7-18-21)15(22)20-13-4-3-10(16)6-12(13)17/h3-7H,1-2H3,(H,20,22). The molecule has 3 rings (SSSR count). The molecular formula is C15H12BrFN4O. The Kier molecular flexibility index (Phi) is 3.66. The first kappa shape index (κ1) is 14.6. The second-order valence-corrected chi connectivity index (χ2v) is 5.83. The number of nitrogens with zero attached hydrogens (tertiary/aromatic N) is 3. The van der Waals surface area contributed by atoms with E-state index in [0.717, 1.165) is 11.4 Å². The Morgan fingerprint density at radius 1 is 1.32 bits per heavy atom. The van der Waals surface area contributed by atoms with E-state index in [2.05, 4.69) is 31.3 Å². The third kappa shape index (κ3) is 2.59. The van der Waals surface area contributed by atoms with Gasteiger partial charge in [-0.15, -0.1) is 0 Å². The molecule has 0 bridgehead atoms. The van der Waals surface area contributed by atoms with Gasteiger partial charge in [0.15, 0.2) is 5.65 Å². The van der Waals surface area contributed by atoms with E-state index in [1.807, 2.05) is 19.9 Å². The number of hydrogen-bond acceptors (Lipinski definition) is 3. The van der Waals surface area contributed by atoms with Crippen LogP contribution in [0.4, 0.5) is 10.1 Å². The van der Waals surface area contributed by atoms with Crippen molar-refractivity contribution in [1.29, 1.82) is 0 Å². The maximum absolute atomic E-state index is 13.8. The third-order valence-corrected chi connectivity index (χ3v) is 3.70. The zero-order chi connectivity index (χ0) is 15.9. The van der Waals surface area contributed by atoms with Crippen molar-refractivity contribution in [3.8, 4) is 0 Å². The highest BCUT2D eigenvalue weighted by Crippen LogP contribution is 2.21. The number of fused-ring (bicyclic) bond motifs is 1. The highest BCUT2D eigenvalue weighted by molar-refractivity contribution is 9.10. The molecule has 0 radical (unpaired) electrons. The summed E-state index contributed by atoms with van der Waals surface area (Å²) in [4.78, 5) is 16.7. The minimum Gasteiger partial charge on any atom is -0.319 e. The van der Waals surface area contributed by atoms with Gasteiger partial charge in [-0.05, 0) is 38.1 Å². The van der Waals surface area contributed by atoms with Gasteiger partial charge in [-0.2, -0.15) is 5.10 Å².